The Morgan fingerprint density at radius 1 is 1.15 bits per heavy atom. The molecule has 1 amide bonds. The van der Waals surface area contributed by atoms with Crippen LogP contribution in [0.2, 0.25) is 0 Å². The number of carbonyl (C=O) groups is 1. The molecule has 1 atom stereocenters. The third-order valence-corrected chi connectivity index (χ3v) is 7.57. The number of hydrogen-bond donors (Lipinski definition) is 3. The summed E-state index contributed by atoms with van der Waals surface area (Å²) in [6, 6.07) is 12.9. The van der Waals surface area contributed by atoms with Gasteiger partial charge < -0.3 is 11.1 Å². The average molecular weight is 483 g/mol. The van der Waals surface area contributed by atoms with Crippen molar-refractivity contribution >= 4 is 44.2 Å². The Balaban J connectivity index is 1.61. The predicted molar refractivity (Wildman–Crippen MR) is 133 cm³/mol. The monoisotopic (exact) mass is 482 g/mol. The fourth-order valence-corrected chi connectivity index (χ4v) is 5.40. The molecule has 3 aromatic rings. The van der Waals surface area contributed by atoms with Crippen LogP contribution in [-0.4, -0.2) is 44.3 Å². The van der Waals surface area contributed by atoms with Gasteiger partial charge in [-0.15, -0.1) is 0 Å². The van der Waals surface area contributed by atoms with Gasteiger partial charge in [-0.3, -0.25) is 15.1 Å². The van der Waals surface area contributed by atoms with Crippen LogP contribution in [0.4, 0.5) is 11.4 Å². The summed E-state index contributed by atoms with van der Waals surface area (Å²) in [7, 11) is -3.40. The van der Waals surface area contributed by atoms with Gasteiger partial charge in [0.25, 0.3) is 0 Å². The molecule has 0 aliphatic carbocycles. The molecule has 0 spiro atoms. The first-order valence-electron chi connectivity index (χ1n) is 10.6. The highest BCUT2D eigenvalue weighted by atomic mass is 32.2. The summed E-state index contributed by atoms with van der Waals surface area (Å²) in [6.45, 7) is 1.75. The van der Waals surface area contributed by atoms with Gasteiger partial charge in [-0.2, -0.15) is 11.3 Å². The Morgan fingerprint density at radius 2 is 1.91 bits per heavy atom. The highest BCUT2D eigenvalue weighted by Gasteiger charge is 2.30. The highest BCUT2D eigenvalue weighted by Crippen LogP contribution is 2.29. The van der Waals surface area contributed by atoms with Crippen LogP contribution >= 0.6 is 11.3 Å². The average Bonchev–Trinajstić information content (AvgIpc) is 3.49. The smallest absolute Gasteiger partial charge is 0.246 e. The van der Waals surface area contributed by atoms with Gasteiger partial charge in [-0.1, -0.05) is 12.1 Å². The second kappa shape index (κ2) is 9.46. The lowest BCUT2D eigenvalue weighted by molar-refractivity contribution is -0.121. The quantitative estimate of drug-likeness (QED) is 0.349. The topological polar surface area (TPSA) is 116 Å². The van der Waals surface area contributed by atoms with E-state index in [2.05, 4.69) is 10.2 Å². The normalized spacial score (nSPS) is 15.3. The van der Waals surface area contributed by atoms with Gasteiger partial charge in [0, 0.05) is 28.8 Å². The molecular weight excluding hydrogens is 456 g/mol. The third-order valence-electron chi connectivity index (χ3n) is 5.75. The molecule has 1 aliphatic heterocycles. The standard InChI is InChI=1S/C24H26N4O3S2/c1-33(30,31)19-6-4-5-16(13-19)22(26)20-14-18(7-8-21(20)25)27-24(29)23(17-9-12-32-15-17)28-10-2-3-11-28/h4-9,12-15,23,26H,2-3,10-11,25H2,1H3,(H,27,29). The molecular formula is C24H26N4O3S2. The van der Waals surface area contributed by atoms with Gasteiger partial charge in [-0.25, -0.2) is 8.42 Å². The van der Waals surface area contributed by atoms with Crippen LogP contribution in [0.15, 0.2) is 64.2 Å². The van der Waals surface area contributed by atoms with Crippen molar-refractivity contribution in [3.8, 4) is 0 Å². The summed E-state index contributed by atoms with van der Waals surface area (Å²) in [5, 5.41) is 15.6. The van der Waals surface area contributed by atoms with E-state index in [4.69, 9.17) is 11.1 Å². The zero-order valence-corrected chi connectivity index (χ0v) is 19.9. The van der Waals surface area contributed by atoms with Crippen LogP contribution in [0.1, 0.15) is 35.6 Å². The fraction of sp³-hybridized carbons (Fsp3) is 0.250. The molecule has 172 valence electrons. The summed E-state index contributed by atoms with van der Waals surface area (Å²) in [6.07, 6.45) is 3.28. The maximum Gasteiger partial charge on any atom is 0.246 e. The molecule has 0 saturated carbocycles. The molecule has 1 fully saturated rings. The summed E-state index contributed by atoms with van der Waals surface area (Å²) >= 11 is 1.57. The molecule has 4 N–H and O–H groups in total. The molecule has 33 heavy (non-hydrogen) atoms. The molecule has 4 rings (SSSR count). The van der Waals surface area contributed by atoms with Crippen molar-refractivity contribution in [1.29, 1.82) is 5.41 Å². The predicted octanol–water partition coefficient (Wildman–Crippen LogP) is 3.93. The Bertz CT molecular complexity index is 1280. The summed E-state index contributed by atoms with van der Waals surface area (Å²) < 4.78 is 23.8. The number of thiophene rings is 1. The number of amides is 1. The number of nitrogens with one attached hydrogen (secondary N) is 2. The van der Waals surface area contributed by atoms with Crippen molar-refractivity contribution in [2.24, 2.45) is 0 Å². The molecule has 7 nitrogen and oxygen atoms in total. The molecule has 2 heterocycles. The number of hydrogen-bond acceptors (Lipinski definition) is 7. The van der Waals surface area contributed by atoms with E-state index >= 15 is 0 Å². The zero-order valence-electron chi connectivity index (χ0n) is 18.2. The first kappa shape index (κ1) is 23.2. The van der Waals surface area contributed by atoms with Crippen molar-refractivity contribution in [2.75, 3.05) is 30.4 Å². The van der Waals surface area contributed by atoms with Crippen LogP contribution < -0.4 is 11.1 Å². The molecule has 1 unspecified atom stereocenters. The number of carbonyl (C=O) groups excluding carboxylic acids is 1. The number of benzene rings is 2. The lowest BCUT2D eigenvalue weighted by Gasteiger charge is -2.26. The maximum absolute atomic E-state index is 13.3. The van der Waals surface area contributed by atoms with Crippen LogP contribution in [0.25, 0.3) is 0 Å². The van der Waals surface area contributed by atoms with E-state index in [0.29, 0.717) is 22.5 Å². The Labute approximate surface area is 197 Å². The minimum atomic E-state index is -3.40. The van der Waals surface area contributed by atoms with Gasteiger partial charge in [0.05, 0.1) is 10.6 Å². The summed E-state index contributed by atoms with van der Waals surface area (Å²) in [5.41, 5.74) is 8.96. The van der Waals surface area contributed by atoms with E-state index in [1.54, 1.807) is 41.7 Å². The second-order valence-corrected chi connectivity index (χ2v) is 11.0. The molecule has 1 aliphatic rings. The summed E-state index contributed by atoms with van der Waals surface area (Å²) in [5.74, 6) is -0.128. The second-order valence-electron chi connectivity index (χ2n) is 8.17. The van der Waals surface area contributed by atoms with Gasteiger partial charge in [0.2, 0.25) is 5.91 Å². The number of anilines is 2. The van der Waals surface area contributed by atoms with Crippen LogP contribution in [0.5, 0.6) is 0 Å². The fourth-order valence-electron chi connectivity index (χ4n) is 4.06. The first-order valence-corrected chi connectivity index (χ1v) is 13.4. The highest BCUT2D eigenvalue weighted by molar-refractivity contribution is 7.90. The van der Waals surface area contributed by atoms with Crippen molar-refractivity contribution in [1.82, 2.24) is 4.90 Å². The van der Waals surface area contributed by atoms with Gasteiger partial charge in [-0.05, 0) is 78.7 Å². The maximum atomic E-state index is 13.3. The SMILES string of the molecule is CS(=O)(=O)c1cccc(C(=N)c2cc(NC(=O)C(c3ccsc3)N3CCCC3)ccc2N)c1. The Morgan fingerprint density at radius 3 is 2.58 bits per heavy atom. The zero-order chi connectivity index (χ0) is 23.6. The third kappa shape index (κ3) is 5.16. The minimum absolute atomic E-state index is 0.0861. The van der Waals surface area contributed by atoms with Crippen molar-refractivity contribution < 1.29 is 13.2 Å². The first-order chi connectivity index (χ1) is 15.7. The van der Waals surface area contributed by atoms with E-state index in [-0.39, 0.29) is 22.6 Å². The summed E-state index contributed by atoms with van der Waals surface area (Å²) in [4.78, 5) is 15.6. The van der Waals surface area contributed by atoms with Crippen molar-refractivity contribution in [3.63, 3.8) is 0 Å². The van der Waals surface area contributed by atoms with E-state index in [9.17, 15) is 13.2 Å². The Kier molecular flexibility index (Phi) is 6.64. The number of nitrogen functional groups attached to an aromatic ring is 1. The lowest BCUT2D eigenvalue weighted by Crippen LogP contribution is -2.35. The lowest BCUT2D eigenvalue weighted by atomic mass is 10.00. The van der Waals surface area contributed by atoms with Crippen molar-refractivity contribution in [2.45, 2.75) is 23.8 Å². The number of rotatable bonds is 7. The molecule has 9 heteroatoms. The van der Waals surface area contributed by atoms with Crippen molar-refractivity contribution in [3.05, 3.63) is 76.0 Å². The number of nitrogens with zero attached hydrogens (tertiary/aromatic N) is 1. The molecule has 1 saturated heterocycles. The van der Waals surface area contributed by atoms with Crippen LogP contribution in [0, 0.1) is 5.41 Å². The molecule has 2 aromatic carbocycles. The minimum Gasteiger partial charge on any atom is -0.398 e. The largest absolute Gasteiger partial charge is 0.398 e. The molecule has 1 aromatic heterocycles. The van der Waals surface area contributed by atoms with E-state index in [0.717, 1.165) is 37.8 Å². The van der Waals surface area contributed by atoms with Gasteiger partial charge in [0.15, 0.2) is 9.84 Å². The number of sulfone groups is 1. The van der Waals surface area contributed by atoms with Crippen LogP contribution in [-0.2, 0) is 14.6 Å². The Hall–Kier alpha value is -3.01. The molecule has 0 radical (unpaired) electrons. The van der Waals surface area contributed by atoms with E-state index < -0.39 is 9.84 Å². The molecule has 0 bridgehead atoms. The van der Waals surface area contributed by atoms with E-state index in [1.165, 1.54) is 12.1 Å². The number of likely N-dealkylation sites (tertiary alicyclic amines) is 1. The van der Waals surface area contributed by atoms with E-state index in [1.807, 2.05) is 16.8 Å². The van der Waals surface area contributed by atoms with Crippen LogP contribution in [0.3, 0.4) is 0 Å². The van der Waals surface area contributed by atoms with Gasteiger partial charge in [0.1, 0.15) is 6.04 Å². The van der Waals surface area contributed by atoms with Gasteiger partial charge >= 0.3 is 0 Å². The number of nitrogens with two attached hydrogens (primary N) is 1.